The maximum absolute atomic E-state index is 12.8. The summed E-state index contributed by atoms with van der Waals surface area (Å²) in [5, 5.41) is 10.6. The Morgan fingerprint density at radius 1 is 1.13 bits per heavy atom. The van der Waals surface area contributed by atoms with Gasteiger partial charge in [-0.1, -0.05) is 6.08 Å². The number of benzene rings is 1. The van der Waals surface area contributed by atoms with Crippen molar-refractivity contribution >= 4 is 40.0 Å². The Balaban J connectivity index is 1.38. The molecule has 0 spiro atoms. The predicted molar refractivity (Wildman–Crippen MR) is 154 cm³/mol. The molecule has 1 aliphatic heterocycles. The van der Waals surface area contributed by atoms with Gasteiger partial charge in [0.25, 0.3) is 0 Å². The average molecular weight is 528 g/mol. The van der Waals surface area contributed by atoms with Crippen molar-refractivity contribution in [2.24, 2.45) is 0 Å². The van der Waals surface area contributed by atoms with Gasteiger partial charge in [0.1, 0.15) is 17.2 Å². The topological polar surface area (TPSA) is 112 Å². The molecule has 4 heterocycles. The van der Waals surface area contributed by atoms with Crippen LogP contribution < -0.4 is 25.6 Å². The van der Waals surface area contributed by atoms with Crippen LogP contribution in [-0.4, -0.2) is 84.3 Å². The first-order valence-electron chi connectivity index (χ1n) is 12.8. The number of ether oxygens (including phenoxy) is 1. The molecule has 0 radical (unpaired) electrons. The number of hydrogen-bond acceptors (Lipinski definition) is 9. The van der Waals surface area contributed by atoms with Crippen LogP contribution in [0.2, 0.25) is 0 Å². The zero-order valence-corrected chi connectivity index (χ0v) is 22.4. The van der Waals surface area contributed by atoms with E-state index in [2.05, 4.69) is 30.8 Å². The largest absolute Gasteiger partial charge is 0.494 e. The molecule has 1 fully saturated rings. The van der Waals surface area contributed by atoms with Crippen molar-refractivity contribution in [3.8, 4) is 11.6 Å². The Morgan fingerprint density at radius 2 is 1.97 bits per heavy atom. The highest BCUT2D eigenvalue weighted by molar-refractivity contribution is 6.02. The van der Waals surface area contributed by atoms with Crippen molar-refractivity contribution in [1.82, 2.24) is 29.7 Å². The van der Waals surface area contributed by atoms with Gasteiger partial charge in [-0.25, -0.2) is 9.97 Å². The first-order valence-corrected chi connectivity index (χ1v) is 12.8. The summed E-state index contributed by atoms with van der Waals surface area (Å²) < 4.78 is 7.57. The maximum Gasteiger partial charge on any atom is 0.248 e. The third kappa shape index (κ3) is 6.16. The molecule has 5 rings (SSSR count). The number of hydrogen-bond donors (Lipinski definition) is 3. The zero-order valence-electron chi connectivity index (χ0n) is 22.4. The number of methoxy groups -OCH3 is 1. The number of aromatic nitrogens is 4. The highest BCUT2D eigenvalue weighted by Crippen LogP contribution is 2.37. The lowest BCUT2D eigenvalue weighted by atomic mass is 10.2. The number of nitrogens with one attached hydrogen (secondary N) is 3. The number of fused-ring (bicyclic) bond motifs is 1. The van der Waals surface area contributed by atoms with Crippen molar-refractivity contribution in [3.05, 3.63) is 67.1 Å². The number of carbonyl (C=O) groups excluding carboxylic acids is 1. The van der Waals surface area contributed by atoms with E-state index < -0.39 is 0 Å². The van der Waals surface area contributed by atoms with Crippen LogP contribution >= 0.6 is 0 Å². The fourth-order valence-electron chi connectivity index (χ4n) is 4.50. The van der Waals surface area contributed by atoms with Crippen LogP contribution in [0.25, 0.3) is 16.9 Å². The normalized spacial score (nSPS) is 14.0. The highest BCUT2D eigenvalue weighted by Gasteiger charge is 2.16. The second-order valence-electron chi connectivity index (χ2n) is 9.37. The minimum atomic E-state index is -0.199. The number of amides is 1. The van der Waals surface area contributed by atoms with Gasteiger partial charge in [-0.3, -0.25) is 14.3 Å². The van der Waals surface area contributed by atoms with Gasteiger partial charge >= 0.3 is 0 Å². The summed E-state index contributed by atoms with van der Waals surface area (Å²) in [5.74, 6) is 1.45. The van der Waals surface area contributed by atoms with E-state index in [1.165, 1.54) is 0 Å². The van der Waals surface area contributed by atoms with E-state index in [0.29, 0.717) is 28.9 Å². The quantitative estimate of drug-likeness (QED) is 0.283. The Bertz CT molecular complexity index is 1480. The Morgan fingerprint density at radius 3 is 2.77 bits per heavy atom. The van der Waals surface area contributed by atoms with E-state index in [-0.39, 0.29) is 5.91 Å². The van der Waals surface area contributed by atoms with E-state index in [9.17, 15) is 4.79 Å². The zero-order chi connectivity index (χ0) is 27.2. The smallest absolute Gasteiger partial charge is 0.248 e. The number of pyridine rings is 1. The lowest BCUT2D eigenvalue weighted by Gasteiger charge is -2.25. The van der Waals surface area contributed by atoms with Crippen LogP contribution in [0.15, 0.2) is 67.1 Å². The average Bonchev–Trinajstić information content (AvgIpc) is 3.38. The van der Waals surface area contributed by atoms with E-state index >= 15 is 0 Å². The Hall–Kier alpha value is -4.48. The van der Waals surface area contributed by atoms with E-state index in [4.69, 9.17) is 9.72 Å². The minimum Gasteiger partial charge on any atom is -0.494 e. The standard InChI is InChI=1S/C28H33N9O2/c1-35(2)23-19-24(39-3)22(18-21(23)32-26(38)7-5-14-36-16-12-29-13-17-36)33-28-31-11-8-25(34-28)37-15-9-20-6-4-10-30-27(20)37/h4-11,15,18-19,29H,12-14,16-17H2,1-3H3,(H,32,38)(H,31,33,34)/b7-5+. The summed E-state index contributed by atoms with van der Waals surface area (Å²) in [4.78, 5) is 30.6. The SMILES string of the molecule is COc1cc(N(C)C)c(NC(=O)/C=C/CN2CCNCC2)cc1Nc1nccc(-n2ccc3cccnc32)n1. The van der Waals surface area contributed by atoms with Gasteiger partial charge in [0, 0.05) is 82.9 Å². The highest BCUT2D eigenvalue weighted by atomic mass is 16.5. The monoisotopic (exact) mass is 527 g/mol. The van der Waals surface area contributed by atoms with Crippen molar-refractivity contribution in [2.45, 2.75) is 0 Å². The van der Waals surface area contributed by atoms with Gasteiger partial charge in [-0.2, -0.15) is 4.98 Å². The molecule has 3 N–H and O–H groups in total. The molecular formula is C28H33N9O2. The molecule has 1 aliphatic rings. The van der Waals surface area contributed by atoms with E-state index in [1.54, 1.807) is 25.6 Å². The van der Waals surface area contributed by atoms with Gasteiger partial charge in [0.05, 0.1) is 24.2 Å². The van der Waals surface area contributed by atoms with E-state index in [1.807, 2.05) is 72.2 Å². The lowest BCUT2D eigenvalue weighted by molar-refractivity contribution is -0.111. The first-order chi connectivity index (χ1) is 19.0. The summed E-state index contributed by atoms with van der Waals surface area (Å²) in [6.45, 7) is 4.64. The third-order valence-electron chi connectivity index (χ3n) is 6.48. The van der Waals surface area contributed by atoms with Gasteiger partial charge < -0.3 is 25.6 Å². The molecule has 11 heteroatoms. The molecule has 0 aliphatic carbocycles. The van der Waals surface area contributed by atoms with Crippen LogP contribution in [-0.2, 0) is 4.79 Å². The number of nitrogens with zero attached hydrogens (tertiary/aromatic N) is 6. The molecule has 0 atom stereocenters. The number of rotatable bonds is 9. The molecule has 0 unspecified atom stereocenters. The van der Waals surface area contributed by atoms with Crippen molar-refractivity contribution in [3.63, 3.8) is 0 Å². The van der Waals surface area contributed by atoms with Crippen molar-refractivity contribution in [2.75, 3.05) is 69.5 Å². The Labute approximate surface area is 227 Å². The summed E-state index contributed by atoms with van der Waals surface area (Å²) in [6, 6.07) is 11.4. The predicted octanol–water partition coefficient (Wildman–Crippen LogP) is 3.03. The summed E-state index contributed by atoms with van der Waals surface area (Å²) in [6.07, 6.45) is 8.86. The molecule has 1 aromatic carbocycles. The molecule has 1 amide bonds. The van der Waals surface area contributed by atoms with Crippen LogP contribution in [0.4, 0.5) is 23.0 Å². The molecule has 0 saturated carbocycles. The van der Waals surface area contributed by atoms with Crippen LogP contribution in [0.3, 0.4) is 0 Å². The molecule has 3 aromatic heterocycles. The first kappa shape index (κ1) is 26.1. The number of carbonyl (C=O) groups is 1. The van der Waals surface area contributed by atoms with Crippen molar-refractivity contribution in [1.29, 1.82) is 0 Å². The fourth-order valence-corrected chi connectivity index (χ4v) is 4.50. The summed E-state index contributed by atoms with van der Waals surface area (Å²) in [7, 11) is 5.44. The van der Waals surface area contributed by atoms with Crippen LogP contribution in [0.5, 0.6) is 5.75 Å². The molecule has 11 nitrogen and oxygen atoms in total. The van der Waals surface area contributed by atoms with Crippen LogP contribution in [0.1, 0.15) is 0 Å². The number of anilines is 4. The second kappa shape index (κ2) is 11.9. The Kier molecular flexibility index (Phi) is 7.99. The lowest BCUT2D eigenvalue weighted by Crippen LogP contribution is -2.43. The van der Waals surface area contributed by atoms with Gasteiger partial charge in [-0.15, -0.1) is 0 Å². The van der Waals surface area contributed by atoms with E-state index in [0.717, 1.165) is 49.4 Å². The molecule has 4 aromatic rings. The molecule has 39 heavy (non-hydrogen) atoms. The molecular weight excluding hydrogens is 494 g/mol. The fraction of sp³-hybridized carbons (Fsp3) is 0.286. The third-order valence-corrected chi connectivity index (χ3v) is 6.48. The minimum absolute atomic E-state index is 0.199. The number of piperazine rings is 1. The van der Waals surface area contributed by atoms with Gasteiger partial charge in [0.15, 0.2) is 0 Å². The van der Waals surface area contributed by atoms with Gasteiger partial charge in [-0.05, 0) is 30.3 Å². The maximum atomic E-state index is 12.8. The summed E-state index contributed by atoms with van der Waals surface area (Å²) >= 11 is 0. The van der Waals surface area contributed by atoms with Crippen molar-refractivity contribution < 1.29 is 9.53 Å². The molecule has 1 saturated heterocycles. The van der Waals surface area contributed by atoms with Gasteiger partial charge in [0.2, 0.25) is 11.9 Å². The summed E-state index contributed by atoms with van der Waals surface area (Å²) in [5.41, 5.74) is 2.87. The second-order valence-corrected chi connectivity index (χ2v) is 9.37. The van der Waals surface area contributed by atoms with Crippen LogP contribution in [0, 0.1) is 0 Å². The molecule has 202 valence electrons. The molecule has 0 bridgehead atoms.